The summed E-state index contributed by atoms with van der Waals surface area (Å²) in [5.41, 5.74) is 7.01. The molecular formula is C14H14BrN3O3. The standard InChI is InChI=1S/C14H14BrN3O3/c1-8-5-10(15)6-13(18(19)20)14(8)21-11-3-4-12(9(2)16)17-7-11/h3-7,9H,16H2,1-2H3/t9-/m0/s1. The zero-order valence-corrected chi connectivity index (χ0v) is 13.1. The molecule has 21 heavy (non-hydrogen) atoms. The Bertz CT molecular complexity index is 672. The number of benzene rings is 1. The Morgan fingerprint density at radius 1 is 1.43 bits per heavy atom. The second-order valence-corrected chi connectivity index (χ2v) is 5.55. The van der Waals surface area contributed by atoms with E-state index in [1.54, 1.807) is 25.1 Å². The van der Waals surface area contributed by atoms with Crippen LogP contribution < -0.4 is 10.5 Å². The van der Waals surface area contributed by atoms with Gasteiger partial charge in [0.05, 0.1) is 16.8 Å². The Hall–Kier alpha value is -1.99. The Balaban J connectivity index is 2.37. The van der Waals surface area contributed by atoms with Crippen LogP contribution in [0.2, 0.25) is 0 Å². The Kier molecular flexibility index (Phi) is 4.54. The van der Waals surface area contributed by atoms with Crippen molar-refractivity contribution in [2.24, 2.45) is 5.73 Å². The summed E-state index contributed by atoms with van der Waals surface area (Å²) in [6, 6.07) is 6.41. The van der Waals surface area contributed by atoms with Crippen molar-refractivity contribution in [1.82, 2.24) is 4.98 Å². The fourth-order valence-corrected chi connectivity index (χ4v) is 2.38. The lowest BCUT2D eigenvalue weighted by molar-refractivity contribution is -0.385. The fourth-order valence-electron chi connectivity index (χ4n) is 1.82. The summed E-state index contributed by atoms with van der Waals surface area (Å²) in [6.07, 6.45) is 1.50. The highest BCUT2D eigenvalue weighted by atomic mass is 79.9. The number of pyridine rings is 1. The van der Waals surface area contributed by atoms with Crippen LogP contribution in [-0.4, -0.2) is 9.91 Å². The zero-order valence-electron chi connectivity index (χ0n) is 11.5. The predicted molar refractivity (Wildman–Crippen MR) is 82.4 cm³/mol. The molecule has 0 bridgehead atoms. The van der Waals surface area contributed by atoms with Gasteiger partial charge in [0.1, 0.15) is 5.75 Å². The van der Waals surface area contributed by atoms with Gasteiger partial charge < -0.3 is 10.5 Å². The molecule has 6 nitrogen and oxygen atoms in total. The number of ether oxygens (including phenoxy) is 1. The molecule has 2 N–H and O–H groups in total. The van der Waals surface area contributed by atoms with Crippen LogP contribution in [-0.2, 0) is 0 Å². The summed E-state index contributed by atoms with van der Waals surface area (Å²) in [7, 11) is 0. The average molecular weight is 352 g/mol. The van der Waals surface area contributed by atoms with Crippen LogP contribution in [0.15, 0.2) is 34.9 Å². The predicted octanol–water partition coefficient (Wildman–Crippen LogP) is 3.87. The van der Waals surface area contributed by atoms with E-state index in [2.05, 4.69) is 20.9 Å². The minimum absolute atomic E-state index is 0.0989. The van der Waals surface area contributed by atoms with Crippen LogP contribution >= 0.6 is 15.9 Å². The second kappa shape index (κ2) is 6.19. The van der Waals surface area contributed by atoms with E-state index < -0.39 is 4.92 Å². The van der Waals surface area contributed by atoms with Gasteiger partial charge in [0.2, 0.25) is 5.75 Å². The molecular weight excluding hydrogens is 338 g/mol. The third-order valence-electron chi connectivity index (χ3n) is 2.86. The van der Waals surface area contributed by atoms with Crippen molar-refractivity contribution in [2.75, 3.05) is 0 Å². The topological polar surface area (TPSA) is 91.3 Å². The fraction of sp³-hybridized carbons (Fsp3) is 0.214. The molecule has 0 saturated carbocycles. The van der Waals surface area contributed by atoms with E-state index in [1.807, 2.05) is 6.92 Å². The highest BCUT2D eigenvalue weighted by Crippen LogP contribution is 2.37. The molecule has 0 spiro atoms. The average Bonchev–Trinajstić information content (AvgIpc) is 2.41. The van der Waals surface area contributed by atoms with Gasteiger partial charge in [0.15, 0.2) is 0 Å². The number of nitro benzene ring substituents is 1. The number of nitrogens with two attached hydrogens (primary N) is 1. The van der Waals surface area contributed by atoms with E-state index >= 15 is 0 Å². The number of rotatable bonds is 4. The number of hydrogen-bond acceptors (Lipinski definition) is 5. The minimum atomic E-state index is -0.475. The minimum Gasteiger partial charge on any atom is -0.448 e. The molecule has 0 aliphatic heterocycles. The first-order valence-corrected chi connectivity index (χ1v) is 7.01. The summed E-state index contributed by atoms with van der Waals surface area (Å²) in [6.45, 7) is 3.57. The molecule has 7 heteroatoms. The van der Waals surface area contributed by atoms with E-state index in [0.717, 1.165) is 5.69 Å². The van der Waals surface area contributed by atoms with E-state index in [-0.39, 0.29) is 17.5 Å². The van der Waals surface area contributed by atoms with Crippen LogP contribution in [0.1, 0.15) is 24.2 Å². The number of halogens is 1. The van der Waals surface area contributed by atoms with Crippen molar-refractivity contribution in [2.45, 2.75) is 19.9 Å². The van der Waals surface area contributed by atoms with Gasteiger partial charge in [0.25, 0.3) is 0 Å². The first-order valence-electron chi connectivity index (χ1n) is 6.22. The quantitative estimate of drug-likeness (QED) is 0.666. The zero-order chi connectivity index (χ0) is 15.6. The van der Waals surface area contributed by atoms with Crippen molar-refractivity contribution < 1.29 is 9.66 Å². The molecule has 0 fully saturated rings. The number of nitro groups is 1. The molecule has 0 amide bonds. The van der Waals surface area contributed by atoms with Gasteiger partial charge in [-0.25, -0.2) is 0 Å². The summed E-state index contributed by atoms with van der Waals surface area (Å²) < 4.78 is 6.25. The largest absolute Gasteiger partial charge is 0.448 e. The Morgan fingerprint density at radius 2 is 2.14 bits per heavy atom. The maximum atomic E-state index is 11.1. The molecule has 2 rings (SSSR count). The van der Waals surface area contributed by atoms with Crippen LogP contribution in [0.25, 0.3) is 0 Å². The highest BCUT2D eigenvalue weighted by Gasteiger charge is 2.19. The van der Waals surface area contributed by atoms with Crippen LogP contribution in [0, 0.1) is 17.0 Å². The normalized spacial score (nSPS) is 12.0. The molecule has 110 valence electrons. The third kappa shape index (κ3) is 3.56. The first-order chi connectivity index (χ1) is 9.88. The monoisotopic (exact) mass is 351 g/mol. The summed E-state index contributed by atoms with van der Waals surface area (Å²) in [4.78, 5) is 14.8. The number of aromatic nitrogens is 1. The van der Waals surface area contributed by atoms with E-state index in [4.69, 9.17) is 10.5 Å². The SMILES string of the molecule is Cc1cc(Br)cc([N+](=O)[O-])c1Oc1ccc([C@H](C)N)nc1. The summed E-state index contributed by atoms with van der Waals surface area (Å²) >= 11 is 3.24. The second-order valence-electron chi connectivity index (χ2n) is 4.64. The lowest BCUT2D eigenvalue weighted by Gasteiger charge is -2.10. The molecule has 1 aromatic carbocycles. The first kappa shape index (κ1) is 15.4. The van der Waals surface area contributed by atoms with Crippen LogP contribution in [0.4, 0.5) is 5.69 Å². The Labute approximate surface area is 130 Å². The van der Waals surface area contributed by atoms with Crippen LogP contribution in [0.5, 0.6) is 11.5 Å². The molecule has 1 heterocycles. The molecule has 2 aromatic rings. The summed E-state index contributed by atoms with van der Waals surface area (Å²) in [5.74, 6) is 0.631. The lowest BCUT2D eigenvalue weighted by Crippen LogP contribution is -2.06. The van der Waals surface area contributed by atoms with Gasteiger partial charge >= 0.3 is 5.69 Å². The molecule has 1 atom stereocenters. The molecule has 0 aliphatic carbocycles. The smallest absolute Gasteiger partial charge is 0.312 e. The Morgan fingerprint density at radius 3 is 2.67 bits per heavy atom. The lowest BCUT2D eigenvalue weighted by atomic mass is 10.2. The van der Waals surface area contributed by atoms with E-state index in [1.165, 1.54) is 12.3 Å². The number of nitrogens with zero attached hydrogens (tertiary/aromatic N) is 2. The molecule has 1 aromatic heterocycles. The van der Waals surface area contributed by atoms with Crippen molar-refractivity contribution in [1.29, 1.82) is 0 Å². The van der Waals surface area contributed by atoms with Gasteiger partial charge in [-0.3, -0.25) is 15.1 Å². The van der Waals surface area contributed by atoms with Crippen molar-refractivity contribution in [3.63, 3.8) is 0 Å². The van der Waals surface area contributed by atoms with Gasteiger partial charge in [-0.2, -0.15) is 0 Å². The van der Waals surface area contributed by atoms with E-state index in [9.17, 15) is 10.1 Å². The van der Waals surface area contributed by atoms with Crippen LogP contribution in [0.3, 0.4) is 0 Å². The van der Waals surface area contributed by atoms with Crippen molar-refractivity contribution in [3.8, 4) is 11.5 Å². The molecule has 0 unspecified atom stereocenters. The van der Waals surface area contributed by atoms with Crippen molar-refractivity contribution in [3.05, 3.63) is 56.3 Å². The third-order valence-corrected chi connectivity index (χ3v) is 3.32. The number of hydrogen-bond donors (Lipinski definition) is 1. The molecule has 0 radical (unpaired) electrons. The van der Waals surface area contributed by atoms with Gasteiger partial charge in [0, 0.05) is 16.6 Å². The molecule has 0 saturated heterocycles. The summed E-state index contributed by atoms with van der Waals surface area (Å²) in [5, 5.41) is 11.1. The maximum absolute atomic E-state index is 11.1. The van der Waals surface area contributed by atoms with E-state index in [0.29, 0.717) is 15.8 Å². The molecule has 0 aliphatic rings. The van der Waals surface area contributed by atoms with Gasteiger partial charge in [-0.05, 0) is 37.6 Å². The highest BCUT2D eigenvalue weighted by molar-refractivity contribution is 9.10. The number of aryl methyl sites for hydroxylation is 1. The van der Waals surface area contributed by atoms with Crippen molar-refractivity contribution >= 4 is 21.6 Å². The van der Waals surface area contributed by atoms with Gasteiger partial charge in [-0.1, -0.05) is 15.9 Å². The maximum Gasteiger partial charge on any atom is 0.312 e. The van der Waals surface area contributed by atoms with Gasteiger partial charge in [-0.15, -0.1) is 0 Å².